The molecular formula is C19H29NO4. The summed E-state index contributed by atoms with van der Waals surface area (Å²) in [6, 6.07) is 10.0. The average Bonchev–Trinajstić information content (AvgIpc) is 2.48. The lowest BCUT2D eigenvalue weighted by molar-refractivity contribution is -0.116. The summed E-state index contributed by atoms with van der Waals surface area (Å²) in [5.74, 6) is 0. The molecule has 0 aromatic heterocycles. The third-order valence-electron chi connectivity index (χ3n) is 4.26. The monoisotopic (exact) mass is 335 g/mol. The Kier molecular flexibility index (Phi) is 5.88. The summed E-state index contributed by atoms with van der Waals surface area (Å²) in [5.41, 5.74) is 0.343. The first-order valence-electron chi connectivity index (χ1n) is 8.43. The average molecular weight is 335 g/mol. The van der Waals surface area contributed by atoms with Crippen LogP contribution >= 0.6 is 0 Å². The Morgan fingerprint density at radius 3 is 2.46 bits per heavy atom. The van der Waals surface area contributed by atoms with Gasteiger partial charge in [-0.25, -0.2) is 4.79 Å². The number of aliphatic hydroxyl groups excluding tert-OH is 1. The quantitative estimate of drug-likeness (QED) is 0.867. The van der Waals surface area contributed by atoms with Gasteiger partial charge in [0.2, 0.25) is 0 Å². The molecule has 0 bridgehead atoms. The van der Waals surface area contributed by atoms with Crippen LogP contribution in [-0.2, 0) is 16.1 Å². The molecule has 1 aromatic carbocycles. The highest BCUT2D eigenvalue weighted by Gasteiger charge is 2.46. The van der Waals surface area contributed by atoms with E-state index in [0.717, 1.165) is 18.4 Å². The van der Waals surface area contributed by atoms with Gasteiger partial charge in [-0.3, -0.25) is 0 Å². The minimum absolute atomic E-state index is 0.0470. The summed E-state index contributed by atoms with van der Waals surface area (Å²) in [7, 11) is 1.71. The van der Waals surface area contributed by atoms with E-state index >= 15 is 0 Å². The topological polar surface area (TPSA) is 59.0 Å². The second-order valence-electron chi connectivity index (χ2n) is 7.82. The summed E-state index contributed by atoms with van der Waals surface area (Å²) < 4.78 is 11.3. The predicted octanol–water partition coefficient (Wildman–Crippen LogP) is 3.21. The van der Waals surface area contributed by atoms with Crippen LogP contribution in [0.3, 0.4) is 0 Å². The fraction of sp³-hybridized carbons (Fsp3) is 0.632. The van der Waals surface area contributed by atoms with E-state index in [9.17, 15) is 9.90 Å². The third-order valence-corrected chi connectivity index (χ3v) is 4.26. The van der Waals surface area contributed by atoms with Crippen LogP contribution in [-0.4, -0.2) is 48.0 Å². The summed E-state index contributed by atoms with van der Waals surface area (Å²) >= 11 is 0. The predicted molar refractivity (Wildman–Crippen MR) is 92.6 cm³/mol. The van der Waals surface area contributed by atoms with Crippen LogP contribution < -0.4 is 0 Å². The molecule has 0 unspecified atom stereocenters. The van der Waals surface area contributed by atoms with E-state index in [4.69, 9.17) is 9.47 Å². The SMILES string of the molecule is CN(CC1(CO)CC(OCc2ccccc2)C1)C(=O)OC(C)(C)C. The van der Waals surface area contributed by atoms with E-state index in [0.29, 0.717) is 13.2 Å². The number of hydrogen-bond acceptors (Lipinski definition) is 4. The van der Waals surface area contributed by atoms with Crippen molar-refractivity contribution in [2.75, 3.05) is 20.2 Å². The first-order valence-corrected chi connectivity index (χ1v) is 8.43. The van der Waals surface area contributed by atoms with Crippen LogP contribution in [0.1, 0.15) is 39.2 Å². The number of rotatable bonds is 6. The third kappa shape index (κ3) is 5.21. The van der Waals surface area contributed by atoms with E-state index < -0.39 is 5.60 Å². The molecule has 1 fully saturated rings. The van der Waals surface area contributed by atoms with E-state index in [1.807, 2.05) is 51.1 Å². The Labute approximate surface area is 144 Å². The van der Waals surface area contributed by atoms with E-state index in [2.05, 4.69) is 0 Å². The van der Waals surface area contributed by atoms with Gasteiger partial charge < -0.3 is 19.5 Å². The second-order valence-corrected chi connectivity index (χ2v) is 7.82. The molecule has 134 valence electrons. The van der Waals surface area contributed by atoms with Gasteiger partial charge in [0.05, 0.1) is 19.3 Å². The lowest BCUT2D eigenvalue weighted by Gasteiger charge is -2.47. The van der Waals surface area contributed by atoms with Crippen LogP contribution in [0, 0.1) is 5.41 Å². The highest BCUT2D eigenvalue weighted by Crippen LogP contribution is 2.43. The second kappa shape index (κ2) is 7.53. The van der Waals surface area contributed by atoms with Crippen LogP contribution in [0.2, 0.25) is 0 Å². The molecule has 2 rings (SSSR count). The molecule has 0 spiro atoms. The van der Waals surface area contributed by atoms with Gasteiger partial charge in [0.15, 0.2) is 0 Å². The van der Waals surface area contributed by atoms with Crippen molar-refractivity contribution < 1.29 is 19.4 Å². The van der Waals surface area contributed by atoms with Gasteiger partial charge in [0.25, 0.3) is 0 Å². The van der Waals surface area contributed by atoms with E-state index in [1.165, 1.54) is 0 Å². The molecule has 24 heavy (non-hydrogen) atoms. The minimum Gasteiger partial charge on any atom is -0.444 e. The molecule has 5 nitrogen and oxygen atoms in total. The largest absolute Gasteiger partial charge is 0.444 e. The zero-order valence-corrected chi connectivity index (χ0v) is 15.1. The maximum Gasteiger partial charge on any atom is 0.410 e. The number of hydrogen-bond donors (Lipinski definition) is 1. The van der Waals surface area contributed by atoms with Crippen molar-refractivity contribution >= 4 is 6.09 Å². The summed E-state index contributed by atoms with van der Waals surface area (Å²) in [6.07, 6.45) is 1.28. The van der Waals surface area contributed by atoms with Gasteiger partial charge in [-0.05, 0) is 39.2 Å². The van der Waals surface area contributed by atoms with Gasteiger partial charge in [0, 0.05) is 19.0 Å². The normalized spacial score (nSPS) is 23.5. The fourth-order valence-corrected chi connectivity index (χ4v) is 3.03. The highest BCUT2D eigenvalue weighted by atomic mass is 16.6. The first-order chi connectivity index (χ1) is 11.2. The zero-order chi connectivity index (χ0) is 17.8. The van der Waals surface area contributed by atoms with Gasteiger partial charge >= 0.3 is 6.09 Å². The van der Waals surface area contributed by atoms with Crippen molar-refractivity contribution in [2.45, 2.75) is 51.9 Å². The maximum absolute atomic E-state index is 12.1. The molecule has 1 amide bonds. The molecule has 0 atom stereocenters. The Hall–Kier alpha value is -1.59. The number of benzene rings is 1. The summed E-state index contributed by atoms with van der Waals surface area (Å²) in [5, 5.41) is 9.77. The Morgan fingerprint density at radius 2 is 1.92 bits per heavy atom. The number of ether oxygens (including phenoxy) is 2. The smallest absolute Gasteiger partial charge is 0.410 e. The number of carbonyl (C=O) groups is 1. The Bertz CT molecular complexity index is 532. The molecule has 1 saturated carbocycles. The lowest BCUT2D eigenvalue weighted by atomic mass is 9.67. The number of carbonyl (C=O) groups excluding carboxylic acids is 1. The van der Waals surface area contributed by atoms with Gasteiger partial charge in [-0.2, -0.15) is 0 Å². The van der Waals surface area contributed by atoms with Gasteiger partial charge in [0.1, 0.15) is 5.60 Å². The van der Waals surface area contributed by atoms with Crippen molar-refractivity contribution in [3.63, 3.8) is 0 Å². The molecule has 0 heterocycles. The lowest BCUT2D eigenvalue weighted by Crippen LogP contribution is -2.52. The molecule has 0 radical (unpaired) electrons. The van der Waals surface area contributed by atoms with Crippen molar-refractivity contribution in [1.29, 1.82) is 0 Å². The fourth-order valence-electron chi connectivity index (χ4n) is 3.03. The van der Waals surface area contributed by atoms with Crippen molar-refractivity contribution in [3.8, 4) is 0 Å². The van der Waals surface area contributed by atoms with Crippen LogP contribution in [0.25, 0.3) is 0 Å². The molecule has 1 aliphatic rings. The molecule has 1 aromatic rings. The van der Waals surface area contributed by atoms with E-state index in [-0.39, 0.29) is 24.2 Å². The molecule has 0 saturated heterocycles. The Morgan fingerprint density at radius 1 is 1.29 bits per heavy atom. The van der Waals surface area contributed by atoms with E-state index in [1.54, 1.807) is 11.9 Å². The molecule has 5 heteroatoms. The first kappa shape index (κ1) is 18.7. The van der Waals surface area contributed by atoms with Gasteiger partial charge in [-0.15, -0.1) is 0 Å². The summed E-state index contributed by atoms with van der Waals surface area (Å²) in [6.45, 7) is 6.63. The zero-order valence-electron chi connectivity index (χ0n) is 15.1. The molecule has 0 aliphatic heterocycles. The Balaban J connectivity index is 1.79. The van der Waals surface area contributed by atoms with Crippen molar-refractivity contribution in [2.24, 2.45) is 5.41 Å². The van der Waals surface area contributed by atoms with Crippen LogP contribution in [0.4, 0.5) is 4.79 Å². The number of amides is 1. The van der Waals surface area contributed by atoms with Crippen molar-refractivity contribution in [3.05, 3.63) is 35.9 Å². The standard InChI is InChI=1S/C19H29NO4/c1-18(2,3)24-17(22)20(4)13-19(14-21)10-16(11-19)23-12-15-8-6-5-7-9-15/h5-9,16,21H,10-14H2,1-4H3. The molecule has 1 N–H and O–H groups in total. The van der Waals surface area contributed by atoms with Crippen LogP contribution in [0.15, 0.2) is 30.3 Å². The number of aliphatic hydroxyl groups is 1. The highest BCUT2D eigenvalue weighted by molar-refractivity contribution is 5.67. The number of nitrogens with zero attached hydrogens (tertiary/aromatic N) is 1. The molecular weight excluding hydrogens is 306 g/mol. The van der Waals surface area contributed by atoms with Gasteiger partial charge in [-0.1, -0.05) is 30.3 Å². The molecule has 1 aliphatic carbocycles. The van der Waals surface area contributed by atoms with Crippen LogP contribution in [0.5, 0.6) is 0 Å². The van der Waals surface area contributed by atoms with Crippen molar-refractivity contribution in [1.82, 2.24) is 4.90 Å². The maximum atomic E-state index is 12.1. The minimum atomic E-state index is -0.515. The summed E-state index contributed by atoms with van der Waals surface area (Å²) in [4.78, 5) is 13.6.